The average molecular weight is 1240 g/mol. The third kappa shape index (κ3) is 57.8. The molecule has 84 heavy (non-hydrogen) atoms. The van der Waals surface area contributed by atoms with Crippen LogP contribution in [-0.4, -0.2) is 96.7 Å². The minimum atomic E-state index is -4.94. The number of phosphoric ester groups is 2. The van der Waals surface area contributed by atoms with Crippen molar-refractivity contribution in [3.05, 3.63) is 0 Å². The predicted molar refractivity (Wildman–Crippen MR) is 335 cm³/mol. The highest BCUT2D eigenvalue weighted by molar-refractivity contribution is 7.47. The number of rotatable bonds is 65. The van der Waals surface area contributed by atoms with Crippen molar-refractivity contribution in [1.29, 1.82) is 0 Å². The van der Waals surface area contributed by atoms with Crippen molar-refractivity contribution in [3.63, 3.8) is 0 Å². The van der Waals surface area contributed by atoms with Crippen LogP contribution in [0.3, 0.4) is 0 Å². The monoisotopic (exact) mass is 1240 g/mol. The summed E-state index contributed by atoms with van der Waals surface area (Å²) in [5.74, 6) is -1.29. The zero-order valence-corrected chi connectivity index (χ0v) is 55.8. The van der Waals surface area contributed by atoms with Crippen LogP contribution in [0.5, 0.6) is 0 Å². The van der Waals surface area contributed by atoms with E-state index in [-0.39, 0.29) is 25.7 Å². The van der Waals surface area contributed by atoms with Gasteiger partial charge in [0.2, 0.25) is 0 Å². The normalized spacial score (nSPS) is 14.5. The van der Waals surface area contributed by atoms with E-state index in [9.17, 15) is 43.2 Å². The van der Waals surface area contributed by atoms with E-state index >= 15 is 0 Å². The topological polar surface area (TPSA) is 237 Å². The summed E-state index contributed by atoms with van der Waals surface area (Å²) in [5, 5.41) is 10.5. The molecular formula is C65H126O17P2. The Morgan fingerprint density at radius 2 is 0.571 bits per heavy atom. The SMILES string of the molecule is CCCCCCCCCCCCCC(=O)OC[C@H](COP(=O)(O)OC[C@@H](O)COP(=O)(O)OC[C@@H](COC(=O)CCCCCCCCC)OC(=O)CCCCCCCCCC)OC(=O)CCCCCCCCCCCCCCCCC(C)CC. The zero-order valence-electron chi connectivity index (χ0n) is 54.0. The number of aliphatic hydroxyl groups excluding tert-OH is 1. The van der Waals surface area contributed by atoms with E-state index in [0.29, 0.717) is 25.7 Å². The molecule has 17 nitrogen and oxygen atoms in total. The van der Waals surface area contributed by atoms with E-state index < -0.39 is 97.5 Å². The van der Waals surface area contributed by atoms with Crippen LogP contribution in [0.25, 0.3) is 0 Å². The fraction of sp³-hybridized carbons (Fsp3) is 0.938. The first-order valence-corrected chi connectivity index (χ1v) is 37.2. The first kappa shape index (κ1) is 82.1. The number of carbonyl (C=O) groups is 4. The van der Waals surface area contributed by atoms with Gasteiger partial charge >= 0.3 is 39.5 Å². The lowest BCUT2D eigenvalue weighted by Gasteiger charge is -2.21. The minimum Gasteiger partial charge on any atom is -0.462 e. The molecule has 0 aromatic carbocycles. The zero-order chi connectivity index (χ0) is 62.0. The van der Waals surface area contributed by atoms with E-state index in [0.717, 1.165) is 115 Å². The number of hydrogen-bond acceptors (Lipinski definition) is 15. The van der Waals surface area contributed by atoms with Gasteiger partial charge in [0.25, 0.3) is 0 Å². The van der Waals surface area contributed by atoms with Crippen molar-refractivity contribution in [2.45, 2.75) is 348 Å². The van der Waals surface area contributed by atoms with Crippen molar-refractivity contribution < 1.29 is 80.2 Å². The summed E-state index contributed by atoms with van der Waals surface area (Å²) in [4.78, 5) is 72.0. The van der Waals surface area contributed by atoms with E-state index in [1.807, 2.05) is 0 Å². The highest BCUT2D eigenvalue weighted by Gasteiger charge is 2.30. The summed E-state index contributed by atoms with van der Waals surface area (Å²) in [7, 11) is -9.88. The van der Waals surface area contributed by atoms with Gasteiger partial charge in [-0.05, 0) is 31.6 Å². The lowest BCUT2D eigenvalue weighted by atomic mass is 9.99. The van der Waals surface area contributed by atoms with Crippen LogP contribution in [0.15, 0.2) is 0 Å². The third-order valence-electron chi connectivity index (χ3n) is 15.4. The van der Waals surface area contributed by atoms with E-state index in [4.69, 9.17) is 37.0 Å². The van der Waals surface area contributed by atoms with Crippen molar-refractivity contribution in [1.82, 2.24) is 0 Å². The second kappa shape index (κ2) is 58.7. The van der Waals surface area contributed by atoms with Gasteiger partial charge in [-0.25, -0.2) is 9.13 Å². The van der Waals surface area contributed by atoms with E-state index in [2.05, 4.69) is 34.6 Å². The molecule has 0 radical (unpaired) electrons. The third-order valence-corrected chi connectivity index (χ3v) is 17.3. The Balaban J connectivity index is 5.16. The molecule has 0 heterocycles. The molecule has 0 aliphatic rings. The van der Waals surface area contributed by atoms with Crippen LogP contribution < -0.4 is 0 Å². The van der Waals surface area contributed by atoms with Crippen molar-refractivity contribution in [2.75, 3.05) is 39.6 Å². The quantitative estimate of drug-likeness (QED) is 0.0222. The van der Waals surface area contributed by atoms with Crippen LogP contribution in [0.2, 0.25) is 0 Å². The highest BCUT2D eigenvalue weighted by Crippen LogP contribution is 2.45. The number of esters is 4. The Bertz CT molecular complexity index is 1640. The molecule has 0 aliphatic heterocycles. The molecule has 0 spiro atoms. The standard InChI is InChI=1S/C65H126O17P2/c1-6-10-13-16-19-21-26-30-35-39-44-49-63(68)76-55-61(82-65(70)51-46-41-36-31-28-25-23-22-24-27-29-33-37-42-47-58(5)9-4)57-80-84(73,74)78-53-59(66)52-77-83(71,72)79-56-60(54-75-62(67)48-43-38-32-18-15-12-8-3)81-64(69)50-45-40-34-20-17-14-11-7-2/h58-61,66H,6-57H2,1-5H3,(H,71,72)(H,73,74)/t58?,59-,60+,61+/m0/s1. The number of hydrogen-bond donors (Lipinski definition) is 3. The molecule has 3 N–H and O–H groups in total. The summed E-state index contributed by atoms with van der Waals surface area (Å²) < 4.78 is 67.9. The summed E-state index contributed by atoms with van der Waals surface area (Å²) in [6, 6.07) is 0. The summed E-state index contributed by atoms with van der Waals surface area (Å²) in [6.07, 6.45) is 43.2. The summed E-state index contributed by atoms with van der Waals surface area (Å²) in [6.45, 7) is 7.19. The largest absolute Gasteiger partial charge is 0.472 e. The van der Waals surface area contributed by atoms with Crippen molar-refractivity contribution >= 4 is 39.5 Å². The van der Waals surface area contributed by atoms with Gasteiger partial charge in [0.15, 0.2) is 12.2 Å². The van der Waals surface area contributed by atoms with Gasteiger partial charge in [0.05, 0.1) is 26.4 Å². The second-order valence-electron chi connectivity index (χ2n) is 23.7. The van der Waals surface area contributed by atoms with Crippen LogP contribution in [-0.2, 0) is 65.4 Å². The van der Waals surface area contributed by atoms with Crippen LogP contribution >= 0.6 is 15.6 Å². The number of phosphoric acid groups is 2. The van der Waals surface area contributed by atoms with Gasteiger partial charge in [-0.15, -0.1) is 0 Å². The second-order valence-corrected chi connectivity index (χ2v) is 26.7. The molecule has 0 amide bonds. The Labute approximate surface area is 511 Å². The molecule has 0 aromatic heterocycles. The predicted octanol–water partition coefficient (Wildman–Crippen LogP) is 18.2. The average Bonchev–Trinajstić information content (AvgIpc) is 3.59. The summed E-state index contributed by atoms with van der Waals surface area (Å²) in [5.41, 5.74) is 0. The molecule has 498 valence electrons. The summed E-state index contributed by atoms with van der Waals surface area (Å²) >= 11 is 0. The van der Waals surface area contributed by atoms with Gasteiger partial charge in [-0.2, -0.15) is 0 Å². The van der Waals surface area contributed by atoms with Crippen LogP contribution in [0, 0.1) is 5.92 Å². The maximum absolute atomic E-state index is 13.0. The number of aliphatic hydroxyl groups is 1. The fourth-order valence-corrected chi connectivity index (χ4v) is 11.3. The highest BCUT2D eigenvalue weighted by atomic mass is 31.2. The fourth-order valence-electron chi connectivity index (χ4n) is 9.73. The van der Waals surface area contributed by atoms with Gasteiger partial charge in [-0.1, -0.05) is 279 Å². The lowest BCUT2D eigenvalue weighted by molar-refractivity contribution is -0.161. The number of ether oxygens (including phenoxy) is 4. The molecular weight excluding hydrogens is 1110 g/mol. The van der Waals surface area contributed by atoms with Gasteiger partial charge in [0, 0.05) is 25.7 Å². The first-order valence-electron chi connectivity index (χ1n) is 34.2. The molecule has 0 rings (SSSR count). The van der Waals surface area contributed by atoms with E-state index in [1.165, 1.54) is 135 Å². The van der Waals surface area contributed by atoms with Crippen molar-refractivity contribution in [3.8, 4) is 0 Å². The van der Waals surface area contributed by atoms with Crippen LogP contribution in [0.4, 0.5) is 0 Å². The minimum absolute atomic E-state index is 0.105. The molecule has 0 aliphatic carbocycles. The molecule has 3 unspecified atom stereocenters. The Morgan fingerprint density at radius 1 is 0.333 bits per heavy atom. The molecule has 0 aromatic rings. The van der Waals surface area contributed by atoms with E-state index in [1.54, 1.807) is 0 Å². The Kier molecular flexibility index (Phi) is 57.4. The molecule has 6 atom stereocenters. The smallest absolute Gasteiger partial charge is 0.462 e. The Hall–Kier alpha value is -1.94. The molecule has 0 saturated carbocycles. The van der Waals surface area contributed by atoms with Crippen molar-refractivity contribution in [2.24, 2.45) is 5.92 Å². The maximum Gasteiger partial charge on any atom is 0.472 e. The molecule has 0 bridgehead atoms. The van der Waals surface area contributed by atoms with Gasteiger partial charge in [0.1, 0.15) is 19.3 Å². The lowest BCUT2D eigenvalue weighted by Crippen LogP contribution is -2.30. The number of unbranched alkanes of at least 4 members (excludes halogenated alkanes) is 36. The maximum atomic E-state index is 13.0. The van der Waals surface area contributed by atoms with Gasteiger partial charge in [-0.3, -0.25) is 37.3 Å². The number of carbonyl (C=O) groups excluding carboxylic acids is 4. The molecule has 19 heteroatoms. The van der Waals surface area contributed by atoms with Crippen LogP contribution in [0.1, 0.15) is 330 Å². The first-order chi connectivity index (χ1) is 40.6. The molecule has 0 saturated heterocycles. The Morgan fingerprint density at radius 3 is 0.845 bits per heavy atom. The molecule has 0 fully saturated rings. The van der Waals surface area contributed by atoms with Gasteiger partial charge < -0.3 is 33.8 Å².